The van der Waals surface area contributed by atoms with Crippen molar-refractivity contribution in [2.45, 2.75) is 13.3 Å². The topological polar surface area (TPSA) is 38.5 Å². The van der Waals surface area contributed by atoms with Gasteiger partial charge in [0, 0.05) is 25.3 Å². The summed E-state index contributed by atoms with van der Waals surface area (Å²) >= 11 is 0. The number of rotatable bonds is 4. The standard InChI is InChI=1S/C14H20N2O/c1-2-17-14-5-3-13(4-6-14)16-9-7-12(11-15)8-10-16/h3-7H,2,8-11,15H2,1H3. The van der Waals surface area contributed by atoms with Gasteiger partial charge in [0.05, 0.1) is 6.61 Å². The first-order chi connectivity index (χ1) is 8.33. The quantitative estimate of drug-likeness (QED) is 0.809. The Hall–Kier alpha value is -1.48. The number of benzene rings is 1. The maximum atomic E-state index is 5.64. The molecule has 0 saturated carbocycles. The highest BCUT2D eigenvalue weighted by Crippen LogP contribution is 2.22. The molecule has 0 bridgehead atoms. The van der Waals surface area contributed by atoms with Gasteiger partial charge in [-0.3, -0.25) is 0 Å². The van der Waals surface area contributed by atoms with Gasteiger partial charge >= 0.3 is 0 Å². The zero-order valence-corrected chi connectivity index (χ0v) is 10.4. The molecule has 1 aliphatic rings. The molecule has 1 heterocycles. The Kier molecular flexibility index (Phi) is 4.04. The van der Waals surface area contributed by atoms with E-state index in [0.29, 0.717) is 13.2 Å². The lowest BCUT2D eigenvalue weighted by atomic mass is 10.1. The van der Waals surface area contributed by atoms with Crippen molar-refractivity contribution in [3.05, 3.63) is 35.9 Å². The van der Waals surface area contributed by atoms with E-state index in [1.807, 2.05) is 19.1 Å². The molecule has 0 radical (unpaired) electrons. The molecule has 0 aliphatic carbocycles. The number of anilines is 1. The van der Waals surface area contributed by atoms with Gasteiger partial charge in [-0.2, -0.15) is 0 Å². The zero-order chi connectivity index (χ0) is 12.1. The lowest BCUT2D eigenvalue weighted by molar-refractivity contribution is 0.340. The molecule has 1 aromatic rings. The first kappa shape index (κ1) is 12.0. The molecule has 0 saturated heterocycles. The van der Waals surface area contributed by atoms with Gasteiger partial charge in [-0.25, -0.2) is 0 Å². The zero-order valence-electron chi connectivity index (χ0n) is 10.4. The van der Waals surface area contributed by atoms with E-state index in [9.17, 15) is 0 Å². The molecule has 1 aliphatic heterocycles. The second-order valence-electron chi connectivity index (χ2n) is 4.19. The van der Waals surface area contributed by atoms with E-state index in [4.69, 9.17) is 10.5 Å². The maximum absolute atomic E-state index is 5.64. The average Bonchev–Trinajstić information content (AvgIpc) is 2.40. The maximum Gasteiger partial charge on any atom is 0.119 e. The van der Waals surface area contributed by atoms with Gasteiger partial charge in [0.15, 0.2) is 0 Å². The monoisotopic (exact) mass is 232 g/mol. The van der Waals surface area contributed by atoms with Crippen LogP contribution in [0.4, 0.5) is 5.69 Å². The Morgan fingerprint density at radius 1 is 1.29 bits per heavy atom. The van der Waals surface area contributed by atoms with E-state index in [0.717, 1.165) is 25.3 Å². The second-order valence-corrected chi connectivity index (χ2v) is 4.19. The highest BCUT2D eigenvalue weighted by molar-refractivity contribution is 5.50. The number of ether oxygens (including phenoxy) is 1. The third-order valence-electron chi connectivity index (χ3n) is 3.08. The van der Waals surface area contributed by atoms with Crippen LogP contribution in [0.5, 0.6) is 5.75 Å². The van der Waals surface area contributed by atoms with Crippen LogP contribution in [-0.4, -0.2) is 26.2 Å². The number of hydrogen-bond donors (Lipinski definition) is 1. The van der Waals surface area contributed by atoms with Crippen LogP contribution in [0.25, 0.3) is 0 Å². The Morgan fingerprint density at radius 2 is 2.06 bits per heavy atom. The van der Waals surface area contributed by atoms with Crippen molar-refractivity contribution >= 4 is 5.69 Å². The van der Waals surface area contributed by atoms with Gasteiger partial charge < -0.3 is 15.4 Å². The molecule has 17 heavy (non-hydrogen) atoms. The molecule has 0 aromatic heterocycles. The average molecular weight is 232 g/mol. The van der Waals surface area contributed by atoms with Crippen molar-refractivity contribution in [3.63, 3.8) is 0 Å². The molecule has 1 aromatic carbocycles. The molecule has 0 amide bonds. The molecule has 2 rings (SSSR count). The summed E-state index contributed by atoms with van der Waals surface area (Å²) in [5.74, 6) is 0.937. The highest BCUT2D eigenvalue weighted by atomic mass is 16.5. The van der Waals surface area contributed by atoms with Crippen LogP contribution in [0.1, 0.15) is 13.3 Å². The first-order valence-corrected chi connectivity index (χ1v) is 6.19. The predicted molar refractivity (Wildman–Crippen MR) is 71.6 cm³/mol. The normalized spacial score (nSPS) is 15.6. The SMILES string of the molecule is CCOc1ccc(N2CC=C(CN)CC2)cc1. The summed E-state index contributed by atoms with van der Waals surface area (Å²) in [6.45, 7) is 5.41. The molecular formula is C14H20N2O. The van der Waals surface area contributed by atoms with Gasteiger partial charge in [0.1, 0.15) is 5.75 Å². The molecule has 92 valence electrons. The van der Waals surface area contributed by atoms with Crippen LogP contribution in [-0.2, 0) is 0 Å². The molecular weight excluding hydrogens is 212 g/mol. The Bertz CT molecular complexity index is 384. The second kappa shape index (κ2) is 5.73. The van der Waals surface area contributed by atoms with Crippen molar-refractivity contribution in [1.29, 1.82) is 0 Å². The van der Waals surface area contributed by atoms with Crippen LogP contribution in [0, 0.1) is 0 Å². The lowest BCUT2D eigenvalue weighted by Gasteiger charge is -2.28. The van der Waals surface area contributed by atoms with Crippen LogP contribution >= 0.6 is 0 Å². The summed E-state index contributed by atoms with van der Waals surface area (Å²) in [4.78, 5) is 2.36. The van der Waals surface area contributed by atoms with E-state index in [2.05, 4.69) is 23.1 Å². The molecule has 0 spiro atoms. The largest absolute Gasteiger partial charge is 0.494 e. The van der Waals surface area contributed by atoms with Crippen molar-refractivity contribution in [2.24, 2.45) is 5.73 Å². The molecule has 2 N–H and O–H groups in total. The van der Waals surface area contributed by atoms with Crippen molar-refractivity contribution in [2.75, 3.05) is 31.1 Å². The summed E-state index contributed by atoms with van der Waals surface area (Å²) in [7, 11) is 0. The van der Waals surface area contributed by atoms with Gasteiger partial charge in [0.2, 0.25) is 0 Å². The van der Waals surface area contributed by atoms with Crippen LogP contribution in [0.3, 0.4) is 0 Å². The smallest absolute Gasteiger partial charge is 0.119 e. The first-order valence-electron chi connectivity index (χ1n) is 6.19. The van der Waals surface area contributed by atoms with Crippen molar-refractivity contribution in [1.82, 2.24) is 0 Å². The van der Waals surface area contributed by atoms with Crippen LogP contribution < -0.4 is 15.4 Å². The fourth-order valence-corrected chi connectivity index (χ4v) is 2.05. The summed E-state index contributed by atoms with van der Waals surface area (Å²) in [6.07, 6.45) is 3.31. The molecule has 0 unspecified atom stereocenters. The van der Waals surface area contributed by atoms with E-state index < -0.39 is 0 Å². The minimum atomic E-state index is 0.692. The van der Waals surface area contributed by atoms with Gasteiger partial charge in [-0.1, -0.05) is 11.6 Å². The van der Waals surface area contributed by atoms with Crippen molar-refractivity contribution in [3.8, 4) is 5.75 Å². The summed E-state index contributed by atoms with van der Waals surface area (Å²) in [5, 5.41) is 0. The Labute approximate surface area is 103 Å². The fourth-order valence-electron chi connectivity index (χ4n) is 2.05. The molecule has 3 nitrogen and oxygen atoms in total. The van der Waals surface area contributed by atoms with Crippen LogP contribution in [0.15, 0.2) is 35.9 Å². The highest BCUT2D eigenvalue weighted by Gasteiger charge is 2.11. The lowest BCUT2D eigenvalue weighted by Crippen LogP contribution is -2.29. The summed E-state index contributed by atoms with van der Waals surface area (Å²) < 4.78 is 5.44. The van der Waals surface area contributed by atoms with Crippen LogP contribution in [0.2, 0.25) is 0 Å². The van der Waals surface area contributed by atoms with E-state index in [1.54, 1.807) is 0 Å². The van der Waals surface area contributed by atoms with Gasteiger partial charge in [-0.15, -0.1) is 0 Å². The molecule has 3 heteroatoms. The third kappa shape index (κ3) is 3.01. The van der Waals surface area contributed by atoms with Crippen molar-refractivity contribution < 1.29 is 4.74 Å². The Morgan fingerprint density at radius 3 is 2.59 bits per heavy atom. The van der Waals surface area contributed by atoms with Gasteiger partial charge in [-0.05, 0) is 37.6 Å². The summed E-state index contributed by atoms with van der Waals surface area (Å²) in [5.41, 5.74) is 8.26. The number of hydrogen-bond acceptors (Lipinski definition) is 3. The number of nitrogens with two attached hydrogens (primary N) is 1. The minimum Gasteiger partial charge on any atom is -0.494 e. The predicted octanol–water partition coefficient (Wildman–Crippen LogP) is 2.18. The van der Waals surface area contributed by atoms with E-state index in [-0.39, 0.29) is 0 Å². The number of nitrogens with zero attached hydrogens (tertiary/aromatic N) is 1. The molecule has 0 fully saturated rings. The third-order valence-corrected chi connectivity index (χ3v) is 3.08. The fraction of sp³-hybridized carbons (Fsp3) is 0.429. The van der Waals surface area contributed by atoms with E-state index >= 15 is 0 Å². The Balaban J connectivity index is 2.01. The minimum absolute atomic E-state index is 0.692. The van der Waals surface area contributed by atoms with E-state index in [1.165, 1.54) is 11.3 Å². The van der Waals surface area contributed by atoms with Gasteiger partial charge in [0.25, 0.3) is 0 Å². The molecule has 0 atom stereocenters. The summed E-state index contributed by atoms with van der Waals surface area (Å²) in [6, 6.07) is 8.29.